The van der Waals surface area contributed by atoms with Gasteiger partial charge in [-0.3, -0.25) is 0 Å². The molecule has 0 aliphatic carbocycles. The molecule has 2 fully saturated rings. The van der Waals surface area contributed by atoms with E-state index in [0.717, 1.165) is 12.2 Å². The highest BCUT2D eigenvalue weighted by atomic mass is 35.5. The number of nitriles is 1. The Bertz CT molecular complexity index is 1290. The molecule has 0 amide bonds. The molecule has 0 bridgehead atoms. The Balaban J connectivity index is 0.00000353. The van der Waals surface area contributed by atoms with Crippen LogP contribution in [0, 0.1) is 11.3 Å². The van der Waals surface area contributed by atoms with Gasteiger partial charge < -0.3 is 25.0 Å². The van der Waals surface area contributed by atoms with E-state index in [1.165, 1.54) is 6.33 Å². The largest absolute Gasteiger partial charge is 0.487 e. The van der Waals surface area contributed by atoms with E-state index in [-0.39, 0.29) is 24.5 Å². The van der Waals surface area contributed by atoms with Crippen LogP contribution in [0.1, 0.15) is 18.4 Å². The molecule has 0 radical (unpaired) electrons. The number of likely N-dealkylation sites (tertiary alicyclic amines) is 1. The number of halogens is 3. The molecule has 39 heavy (non-hydrogen) atoms. The number of anilines is 2. The molecule has 2 aliphatic rings. The molecule has 12 heteroatoms. The molecule has 206 valence electrons. The lowest BCUT2D eigenvalue weighted by Crippen LogP contribution is -2.45. The third kappa shape index (κ3) is 7.09. The summed E-state index contributed by atoms with van der Waals surface area (Å²) in [5.41, 5.74) is 1.60. The normalized spacial score (nSPS) is 23.2. The second-order valence-electron chi connectivity index (χ2n) is 9.49. The van der Waals surface area contributed by atoms with Gasteiger partial charge in [0.2, 0.25) is 5.95 Å². The zero-order valence-electron chi connectivity index (χ0n) is 21.4. The first-order valence-corrected chi connectivity index (χ1v) is 12.6. The zero-order chi connectivity index (χ0) is 26.5. The minimum Gasteiger partial charge on any atom is -0.487 e. The summed E-state index contributed by atoms with van der Waals surface area (Å²) in [5.74, 6) is 1.61. The summed E-state index contributed by atoms with van der Waals surface area (Å²) >= 11 is 0. The van der Waals surface area contributed by atoms with Crippen LogP contribution in [0.4, 0.5) is 20.4 Å². The molecule has 2 aromatic carbocycles. The van der Waals surface area contributed by atoms with Gasteiger partial charge >= 0.3 is 0 Å². The fourth-order valence-electron chi connectivity index (χ4n) is 4.54. The predicted octanol–water partition coefficient (Wildman–Crippen LogP) is 4.08. The molecule has 0 spiro atoms. The topological polar surface area (TPSA) is 108 Å². The Labute approximate surface area is 232 Å². The van der Waals surface area contributed by atoms with Crippen LogP contribution in [-0.4, -0.2) is 77.6 Å². The van der Waals surface area contributed by atoms with Gasteiger partial charge in [0.25, 0.3) is 0 Å². The minimum atomic E-state index is -1.14. The highest BCUT2D eigenvalue weighted by molar-refractivity contribution is 5.85. The van der Waals surface area contributed by atoms with Crippen molar-refractivity contribution in [2.24, 2.45) is 0 Å². The molecular formula is C27H30ClF2N7O2. The van der Waals surface area contributed by atoms with Crippen molar-refractivity contribution in [1.82, 2.24) is 25.2 Å². The van der Waals surface area contributed by atoms with Gasteiger partial charge in [-0.15, -0.1) is 12.4 Å². The average molecular weight is 558 g/mol. The SMILES string of the molecule is CN1CC[C@H](Oc2ccc(Nc3ncnc(-c4ccc(O[C@H]5CCNC[C@H]5F)c(C#N)c4)n3)cc2)[C@H](F)C1.Cl. The van der Waals surface area contributed by atoms with E-state index in [1.54, 1.807) is 42.5 Å². The number of nitrogens with one attached hydrogen (secondary N) is 2. The van der Waals surface area contributed by atoms with Gasteiger partial charge in [-0.1, -0.05) is 0 Å². The molecule has 3 aromatic rings. The van der Waals surface area contributed by atoms with Crippen molar-refractivity contribution in [3.05, 3.63) is 54.4 Å². The van der Waals surface area contributed by atoms with Crippen molar-refractivity contribution in [3.63, 3.8) is 0 Å². The van der Waals surface area contributed by atoms with E-state index >= 15 is 0 Å². The summed E-state index contributed by atoms with van der Waals surface area (Å²) in [6, 6.07) is 14.3. The van der Waals surface area contributed by atoms with Gasteiger partial charge in [-0.25, -0.2) is 18.7 Å². The molecule has 2 saturated heterocycles. The van der Waals surface area contributed by atoms with E-state index in [4.69, 9.17) is 9.47 Å². The maximum absolute atomic E-state index is 14.3. The van der Waals surface area contributed by atoms with Crippen molar-refractivity contribution >= 4 is 24.0 Å². The van der Waals surface area contributed by atoms with Gasteiger partial charge in [-0.05, 0) is 68.9 Å². The van der Waals surface area contributed by atoms with Gasteiger partial charge in [0.1, 0.15) is 48.4 Å². The number of alkyl halides is 2. The summed E-state index contributed by atoms with van der Waals surface area (Å²) in [7, 11) is 1.90. The van der Waals surface area contributed by atoms with Gasteiger partial charge in [0.05, 0.1) is 5.56 Å². The zero-order valence-corrected chi connectivity index (χ0v) is 22.2. The van der Waals surface area contributed by atoms with E-state index in [2.05, 4.69) is 31.7 Å². The Morgan fingerprint density at radius 1 is 1.05 bits per heavy atom. The number of hydrogen-bond donors (Lipinski definition) is 2. The average Bonchev–Trinajstić information content (AvgIpc) is 2.93. The lowest BCUT2D eigenvalue weighted by atomic mass is 10.1. The summed E-state index contributed by atoms with van der Waals surface area (Å²) in [4.78, 5) is 14.8. The van der Waals surface area contributed by atoms with Crippen molar-refractivity contribution < 1.29 is 18.3 Å². The number of benzene rings is 2. The minimum absolute atomic E-state index is 0. The Kier molecular flexibility index (Phi) is 9.45. The maximum atomic E-state index is 14.3. The lowest BCUT2D eigenvalue weighted by Gasteiger charge is -2.32. The smallest absolute Gasteiger partial charge is 0.230 e. The molecule has 0 saturated carbocycles. The van der Waals surface area contributed by atoms with E-state index in [0.29, 0.717) is 54.8 Å². The summed E-state index contributed by atoms with van der Waals surface area (Å²) in [6.07, 6.45) is -0.669. The van der Waals surface area contributed by atoms with Crippen LogP contribution in [-0.2, 0) is 0 Å². The molecule has 0 unspecified atom stereocenters. The highest BCUT2D eigenvalue weighted by Gasteiger charge is 2.29. The third-order valence-corrected chi connectivity index (χ3v) is 6.64. The molecule has 3 heterocycles. The van der Waals surface area contributed by atoms with Crippen LogP contribution < -0.4 is 20.1 Å². The molecule has 9 nitrogen and oxygen atoms in total. The third-order valence-electron chi connectivity index (χ3n) is 6.64. The fraction of sp³-hybridized carbons (Fsp3) is 0.407. The number of piperidine rings is 2. The fourth-order valence-corrected chi connectivity index (χ4v) is 4.54. The Hall–Kier alpha value is -3.59. The van der Waals surface area contributed by atoms with Crippen molar-refractivity contribution in [2.45, 2.75) is 37.4 Å². The van der Waals surface area contributed by atoms with E-state index < -0.39 is 24.6 Å². The number of nitrogens with zero attached hydrogens (tertiary/aromatic N) is 5. The van der Waals surface area contributed by atoms with E-state index in [9.17, 15) is 14.0 Å². The van der Waals surface area contributed by atoms with Gasteiger partial charge in [-0.2, -0.15) is 10.2 Å². The molecule has 1 aromatic heterocycles. The standard InChI is InChI=1S/C27H29F2N7O2.ClH/c1-36-11-9-25(22(29)15-36)37-20-5-3-19(4-6-20)34-27-33-16-32-26(35-27)17-2-7-23(18(12-17)13-30)38-24-8-10-31-14-21(24)28;/h2-7,12,16,21-22,24-25,31H,8-11,14-15H2,1H3,(H,32,33,34,35);1H/t21-,22-,24+,25+;/m1./s1. The van der Waals surface area contributed by atoms with Crippen molar-refractivity contribution in [2.75, 3.05) is 38.5 Å². The second-order valence-corrected chi connectivity index (χ2v) is 9.49. The second kappa shape index (κ2) is 13.0. The molecule has 4 atom stereocenters. The number of rotatable bonds is 7. The van der Waals surface area contributed by atoms with Crippen LogP contribution in [0.15, 0.2) is 48.8 Å². The van der Waals surface area contributed by atoms with E-state index in [1.807, 2.05) is 11.9 Å². The molecule has 2 aliphatic heterocycles. The first-order chi connectivity index (χ1) is 18.5. The first kappa shape index (κ1) is 28.4. The maximum Gasteiger partial charge on any atom is 0.230 e. The monoisotopic (exact) mass is 557 g/mol. The molecular weight excluding hydrogens is 528 g/mol. The van der Waals surface area contributed by atoms with Crippen LogP contribution in [0.3, 0.4) is 0 Å². The molecule has 5 rings (SSSR count). The number of aromatic nitrogens is 3. The van der Waals surface area contributed by atoms with Crippen LogP contribution in [0.5, 0.6) is 11.5 Å². The first-order valence-electron chi connectivity index (χ1n) is 12.6. The van der Waals surface area contributed by atoms with Crippen LogP contribution in [0.2, 0.25) is 0 Å². The highest BCUT2D eigenvalue weighted by Crippen LogP contribution is 2.28. The predicted molar refractivity (Wildman–Crippen MR) is 145 cm³/mol. The Morgan fingerprint density at radius 3 is 2.59 bits per heavy atom. The summed E-state index contributed by atoms with van der Waals surface area (Å²) in [5, 5.41) is 15.8. The molecule has 2 N–H and O–H groups in total. The van der Waals surface area contributed by atoms with Crippen LogP contribution >= 0.6 is 12.4 Å². The van der Waals surface area contributed by atoms with Crippen molar-refractivity contribution in [1.29, 1.82) is 5.26 Å². The Morgan fingerprint density at radius 2 is 1.85 bits per heavy atom. The van der Waals surface area contributed by atoms with Crippen molar-refractivity contribution in [3.8, 4) is 29.0 Å². The lowest BCUT2D eigenvalue weighted by molar-refractivity contribution is 0.0313. The van der Waals surface area contributed by atoms with Crippen LogP contribution in [0.25, 0.3) is 11.4 Å². The van der Waals surface area contributed by atoms with Gasteiger partial charge in [0, 0.05) is 30.9 Å². The number of hydrogen-bond acceptors (Lipinski definition) is 9. The quantitative estimate of drug-likeness (QED) is 0.444. The number of ether oxygens (including phenoxy) is 2. The van der Waals surface area contributed by atoms with Gasteiger partial charge in [0.15, 0.2) is 5.82 Å². The summed E-state index contributed by atoms with van der Waals surface area (Å²) < 4.78 is 40.1. The summed E-state index contributed by atoms with van der Waals surface area (Å²) in [6.45, 7) is 2.07.